The molecule has 1 aliphatic rings. The number of benzene rings is 1. The van der Waals surface area contributed by atoms with Gasteiger partial charge in [0.1, 0.15) is 5.75 Å². The molecule has 1 heterocycles. The van der Waals surface area contributed by atoms with Gasteiger partial charge in [-0.15, -0.1) is 0 Å². The third-order valence-electron chi connectivity index (χ3n) is 3.57. The Labute approximate surface area is 122 Å². The van der Waals surface area contributed by atoms with Crippen LogP contribution in [0.2, 0.25) is 0 Å². The first-order chi connectivity index (χ1) is 9.72. The average Bonchev–Trinajstić information content (AvgIpc) is 3.17. The van der Waals surface area contributed by atoms with Crippen molar-refractivity contribution in [3.8, 4) is 5.75 Å². The predicted molar refractivity (Wildman–Crippen MR) is 80.2 cm³/mol. The Kier molecular flexibility index (Phi) is 3.85. The SMILES string of the molecule is O=C(CN(Cc1ccsc1)C1CC1)c1ccc(O)cc1. The number of aromatic hydroxyl groups is 1. The predicted octanol–water partition coefficient (Wildman–Crippen LogP) is 3.30. The smallest absolute Gasteiger partial charge is 0.176 e. The standard InChI is InChI=1S/C16H17NO2S/c18-15-5-1-13(2-6-15)16(19)10-17(14-3-4-14)9-12-7-8-20-11-12/h1-2,5-8,11,14,18H,3-4,9-10H2. The normalized spacial score (nSPS) is 14.7. The molecule has 4 heteroatoms. The van der Waals surface area contributed by atoms with Crippen LogP contribution in [0.1, 0.15) is 28.8 Å². The van der Waals surface area contributed by atoms with E-state index in [2.05, 4.69) is 21.7 Å². The topological polar surface area (TPSA) is 40.5 Å². The number of nitrogens with zero attached hydrogens (tertiary/aromatic N) is 1. The van der Waals surface area contributed by atoms with Crippen molar-refractivity contribution in [2.75, 3.05) is 6.54 Å². The van der Waals surface area contributed by atoms with Gasteiger partial charge < -0.3 is 5.11 Å². The maximum Gasteiger partial charge on any atom is 0.176 e. The van der Waals surface area contributed by atoms with E-state index in [-0.39, 0.29) is 11.5 Å². The molecule has 3 rings (SSSR count). The molecular formula is C16H17NO2S. The Morgan fingerprint density at radius 1 is 1.25 bits per heavy atom. The summed E-state index contributed by atoms with van der Waals surface area (Å²) in [4.78, 5) is 14.6. The molecule has 1 aromatic heterocycles. The third-order valence-corrected chi connectivity index (χ3v) is 4.30. The lowest BCUT2D eigenvalue weighted by Crippen LogP contribution is -2.31. The van der Waals surface area contributed by atoms with Gasteiger partial charge in [-0.25, -0.2) is 0 Å². The summed E-state index contributed by atoms with van der Waals surface area (Å²) in [5, 5.41) is 13.5. The minimum absolute atomic E-state index is 0.118. The number of hydrogen-bond donors (Lipinski definition) is 1. The number of carbonyl (C=O) groups is 1. The molecule has 0 amide bonds. The third kappa shape index (κ3) is 3.26. The number of thiophene rings is 1. The molecule has 2 aromatic rings. The van der Waals surface area contributed by atoms with E-state index in [0.717, 1.165) is 6.54 Å². The minimum Gasteiger partial charge on any atom is -0.508 e. The number of hydrogen-bond acceptors (Lipinski definition) is 4. The zero-order chi connectivity index (χ0) is 13.9. The highest BCUT2D eigenvalue weighted by Gasteiger charge is 2.30. The van der Waals surface area contributed by atoms with Crippen LogP contribution < -0.4 is 0 Å². The van der Waals surface area contributed by atoms with Crippen LogP contribution in [0.15, 0.2) is 41.1 Å². The van der Waals surface area contributed by atoms with Crippen molar-refractivity contribution in [2.45, 2.75) is 25.4 Å². The highest BCUT2D eigenvalue weighted by atomic mass is 32.1. The summed E-state index contributed by atoms with van der Waals surface area (Å²) in [7, 11) is 0. The molecule has 3 nitrogen and oxygen atoms in total. The van der Waals surface area contributed by atoms with Gasteiger partial charge in [0, 0.05) is 18.2 Å². The van der Waals surface area contributed by atoms with E-state index in [4.69, 9.17) is 0 Å². The fourth-order valence-corrected chi connectivity index (χ4v) is 2.95. The number of ketones is 1. The van der Waals surface area contributed by atoms with Crippen molar-refractivity contribution in [1.29, 1.82) is 0 Å². The molecule has 1 aliphatic carbocycles. The van der Waals surface area contributed by atoms with E-state index in [0.29, 0.717) is 18.2 Å². The maximum atomic E-state index is 12.3. The van der Waals surface area contributed by atoms with Crippen LogP contribution in [0.5, 0.6) is 5.75 Å². The van der Waals surface area contributed by atoms with Gasteiger partial charge in [0.05, 0.1) is 6.54 Å². The Hall–Kier alpha value is -1.65. The molecule has 1 fully saturated rings. The first-order valence-corrected chi connectivity index (χ1v) is 7.74. The molecule has 0 saturated heterocycles. The summed E-state index contributed by atoms with van der Waals surface area (Å²) in [6.07, 6.45) is 2.37. The van der Waals surface area contributed by atoms with Crippen LogP contribution in [0.4, 0.5) is 0 Å². The first kappa shape index (κ1) is 13.3. The lowest BCUT2D eigenvalue weighted by molar-refractivity contribution is 0.0919. The van der Waals surface area contributed by atoms with Crippen LogP contribution in [0.3, 0.4) is 0 Å². The lowest BCUT2D eigenvalue weighted by Gasteiger charge is -2.20. The summed E-state index contributed by atoms with van der Waals surface area (Å²) in [6, 6.07) is 9.17. The van der Waals surface area contributed by atoms with Gasteiger partial charge in [-0.05, 0) is 59.5 Å². The summed E-state index contributed by atoms with van der Waals surface area (Å²) in [5.74, 6) is 0.311. The van der Waals surface area contributed by atoms with Crippen molar-refractivity contribution in [3.05, 3.63) is 52.2 Å². The van der Waals surface area contributed by atoms with Crippen molar-refractivity contribution < 1.29 is 9.90 Å². The Morgan fingerprint density at radius 2 is 2.00 bits per heavy atom. The van der Waals surface area contributed by atoms with Crippen LogP contribution in [0, 0.1) is 0 Å². The van der Waals surface area contributed by atoms with Crippen LogP contribution >= 0.6 is 11.3 Å². The van der Waals surface area contributed by atoms with Gasteiger partial charge in [0.15, 0.2) is 5.78 Å². The van der Waals surface area contributed by atoms with E-state index in [9.17, 15) is 9.90 Å². The molecule has 0 spiro atoms. The Bertz CT molecular complexity index is 573. The molecule has 1 saturated carbocycles. The summed E-state index contributed by atoms with van der Waals surface area (Å²) < 4.78 is 0. The largest absolute Gasteiger partial charge is 0.508 e. The molecular weight excluding hydrogens is 270 g/mol. The molecule has 0 bridgehead atoms. The Morgan fingerprint density at radius 3 is 2.60 bits per heavy atom. The fraction of sp³-hybridized carbons (Fsp3) is 0.312. The molecule has 0 atom stereocenters. The van der Waals surface area contributed by atoms with E-state index in [1.807, 2.05) is 0 Å². The van der Waals surface area contributed by atoms with Gasteiger partial charge >= 0.3 is 0 Å². The number of Topliss-reactive ketones (excluding diaryl/α,β-unsaturated/α-hetero) is 1. The monoisotopic (exact) mass is 287 g/mol. The molecule has 1 N–H and O–H groups in total. The zero-order valence-corrected chi connectivity index (χ0v) is 12.0. The quantitative estimate of drug-likeness (QED) is 0.829. The van der Waals surface area contributed by atoms with E-state index >= 15 is 0 Å². The van der Waals surface area contributed by atoms with Crippen LogP contribution in [0.25, 0.3) is 0 Å². The summed E-state index contributed by atoms with van der Waals surface area (Å²) >= 11 is 1.69. The zero-order valence-electron chi connectivity index (χ0n) is 11.2. The van der Waals surface area contributed by atoms with Gasteiger partial charge in [-0.2, -0.15) is 11.3 Å². The lowest BCUT2D eigenvalue weighted by atomic mass is 10.1. The second-order valence-corrected chi connectivity index (χ2v) is 6.02. The number of carbonyl (C=O) groups excluding carboxylic acids is 1. The van der Waals surface area contributed by atoms with Gasteiger partial charge in [0.2, 0.25) is 0 Å². The van der Waals surface area contributed by atoms with Gasteiger partial charge in [-0.3, -0.25) is 9.69 Å². The second kappa shape index (κ2) is 5.77. The van der Waals surface area contributed by atoms with Crippen molar-refractivity contribution in [2.24, 2.45) is 0 Å². The van der Waals surface area contributed by atoms with Crippen LogP contribution in [-0.2, 0) is 6.54 Å². The first-order valence-electron chi connectivity index (χ1n) is 6.80. The van der Waals surface area contributed by atoms with Crippen molar-refractivity contribution in [3.63, 3.8) is 0 Å². The van der Waals surface area contributed by atoms with E-state index in [1.54, 1.807) is 35.6 Å². The minimum atomic E-state index is 0.118. The van der Waals surface area contributed by atoms with Crippen molar-refractivity contribution >= 4 is 17.1 Å². The number of phenolic OH excluding ortho intramolecular Hbond substituents is 1. The van der Waals surface area contributed by atoms with E-state index in [1.165, 1.54) is 18.4 Å². The number of rotatable bonds is 6. The van der Waals surface area contributed by atoms with Crippen LogP contribution in [-0.4, -0.2) is 28.4 Å². The molecule has 0 radical (unpaired) electrons. The highest BCUT2D eigenvalue weighted by molar-refractivity contribution is 7.07. The molecule has 0 aliphatic heterocycles. The maximum absolute atomic E-state index is 12.3. The Balaban J connectivity index is 1.67. The second-order valence-electron chi connectivity index (χ2n) is 5.24. The van der Waals surface area contributed by atoms with E-state index < -0.39 is 0 Å². The summed E-state index contributed by atoms with van der Waals surface area (Å²) in [5.41, 5.74) is 1.94. The number of phenols is 1. The molecule has 1 aromatic carbocycles. The van der Waals surface area contributed by atoms with Crippen molar-refractivity contribution in [1.82, 2.24) is 4.90 Å². The average molecular weight is 287 g/mol. The molecule has 20 heavy (non-hydrogen) atoms. The summed E-state index contributed by atoms with van der Waals surface area (Å²) in [6.45, 7) is 1.29. The molecule has 0 unspecified atom stereocenters. The van der Waals surface area contributed by atoms with Gasteiger partial charge in [0.25, 0.3) is 0 Å². The van der Waals surface area contributed by atoms with Gasteiger partial charge in [-0.1, -0.05) is 0 Å². The highest BCUT2D eigenvalue weighted by Crippen LogP contribution is 2.29. The fourth-order valence-electron chi connectivity index (χ4n) is 2.29. The molecule has 104 valence electrons.